The Morgan fingerprint density at radius 2 is 2.25 bits per heavy atom. The van der Waals surface area contributed by atoms with Crippen LogP contribution >= 0.6 is 0 Å². The number of rotatable bonds is 2. The average Bonchev–Trinajstić information content (AvgIpc) is 2.01. The van der Waals surface area contributed by atoms with Gasteiger partial charge in [-0.15, -0.1) is 0 Å². The summed E-state index contributed by atoms with van der Waals surface area (Å²) >= 11 is 0. The van der Waals surface area contributed by atoms with Crippen LogP contribution in [0, 0.1) is 11.2 Å². The molecule has 0 aliphatic heterocycles. The molecular weight excluding hydrogens is 155 g/mol. The van der Waals surface area contributed by atoms with Gasteiger partial charge in [0.2, 0.25) is 0 Å². The van der Waals surface area contributed by atoms with E-state index in [1.165, 1.54) is 18.2 Å². The van der Waals surface area contributed by atoms with Gasteiger partial charge in [-0.25, -0.2) is 4.39 Å². The second-order valence-corrected chi connectivity index (χ2v) is 2.34. The fourth-order valence-electron chi connectivity index (χ4n) is 0.796. The van der Waals surface area contributed by atoms with Crippen molar-refractivity contribution in [1.82, 2.24) is 0 Å². The van der Waals surface area contributed by atoms with Crippen molar-refractivity contribution < 1.29 is 4.39 Å². The molecule has 0 bridgehead atoms. The maximum Gasteiger partial charge on any atom is 0.123 e. The summed E-state index contributed by atoms with van der Waals surface area (Å²) in [6.45, 7) is 0. The number of nitrogens with one attached hydrogen (secondary N) is 1. The maximum atomic E-state index is 12.6. The smallest absolute Gasteiger partial charge is 0.123 e. The summed E-state index contributed by atoms with van der Waals surface area (Å²) in [4.78, 5) is 0. The minimum Gasteiger partial charge on any atom is -0.384 e. The van der Waals surface area contributed by atoms with Gasteiger partial charge in [0.1, 0.15) is 11.7 Å². The van der Waals surface area contributed by atoms with Gasteiger partial charge >= 0.3 is 0 Å². The van der Waals surface area contributed by atoms with Crippen molar-refractivity contribution in [3.63, 3.8) is 0 Å². The number of halogens is 1. The first-order valence-corrected chi connectivity index (χ1v) is 3.46. The van der Waals surface area contributed by atoms with Gasteiger partial charge in [0.25, 0.3) is 0 Å². The van der Waals surface area contributed by atoms with Gasteiger partial charge in [-0.1, -0.05) is 18.2 Å². The molecule has 3 heteroatoms. The Morgan fingerprint density at radius 3 is 2.83 bits per heavy atom. The molecule has 0 atom stereocenters. The molecule has 0 amide bonds. The van der Waals surface area contributed by atoms with Crippen molar-refractivity contribution in [2.45, 2.75) is 0 Å². The molecule has 2 nitrogen and oxygen atoms in total. The standard InChI is InChI=1S/C9H9FN2/c10-8-3-1-2-7(6-8)4-5-9(11)12/h1-6H,(H3,11,12)/b5-4+. The summed E-state index contributed by atoms with van der Waals surface area (Å²) in [6.07, 6.45) is 3.00. The van der Waals surface area contributed by atoms with Gasteiger partial charge in [0.15, 0.2) is 0 Å². The Balaban J connectivity index is 2.83. The Morgan fingerprint density at radius 1 is 1.50 bits per heavy atom. The van der Waals surface area contributed by atoms with E-state index < -0.39 is 0 Å². The van der Waals surface area contributed by atoms with Crippen molar-refractivity contribution in [2.24, 2.45) is 5.73 Å². The third-order valence-electron chi connectivity index (χ3n) is 1.30. The molecule has 0 radical (unpaired) electrons. The zero-order chi connectivity index (χ0) is 8.97. The average molecular weight is 164 g/mol. The molecule has 0 saturated carbocycles. The largest absolute Gasteiger partial charge is 0.384 e. The second-order valence-electron chi connectivity index (χ2n) is 2.34. The highest BCUT2D eigenvalue weighted by Gasteiger charge is 1.89. The van der Waals surface area contributed by atoms with Crippen LogP contribution in [0.3, 0.4) is 0 Å². The van der Waals surface area contributed by atoms with E-state index in [4.69, 9.17) is 11.1 Å². The Hall–Kier alpha value is -1.64. The molecular formula is C9H9FN2. The minimum atomic E-state index is -0.291. The molecule has 1 aromatic carbocycles. The van der Waals surface area contributed by atoms with Crippen molar-refractivity contribution in [2.75, 3.05) is 0 Å². The fourth-order valence-corrected chi connectivity index (χ4v) is 0.796. The van der Waals surface area contributed by atoms with Crippen LogP contribution in [0.15, 0.2) is 30.3 Å². The van der Waals surface area contributed by atoms with E-state index in [2.05, 4.69) is 0 Å². The molecule has 12 heavy (non-hydrogen) atoms. The highest BCUT2D eigenvalue weighted by atomic mass is 19.1. The molecule has 0 unspecified atom stereocenters. The molecule has 0 spiro atoms. The van der Waals surface area contributed by atoms with Gasteiger partial charge in [0, 0.05) is 0 Å². The Labute approximate surface area is 70.0 Å². The first-order chi connectivity index (χ1) is 5.68. The highest BCUT2D eigenvalue weighted by Crippen LogP contribution is 2.04. The molecule has 3 N–H and O–H groups in total. The Bertz CT molecular complexity index is 318. The predicted molar refractivity (Wildman–Crippen MR) is 47.3 cm³/mol. The first-order valence-electron chi connectivity index (χ1n) is 3.46. The SMILES string of the molecule is N=C(N)/C=C/c1cccc(F)c1. The van der Waals surface area contributed by atoms with Crippen LogP contribution in [0.2, 0.25) is 0 Å². The summed E-state index contributed by atoms with van der Waals surface area (Å²) in [7, 11) is 0. The molecule has 0 aliphatic carbocycles. The summed E-state index contributed by atoms with van der Waals surface area (Å²) in [6, 6.07) is 6.09. The summed E-state index contributed by atoms with van der Waals surface area (Å²) in [5.74, 6) is -0.333. The lowest BCUT2D eigenvalue weighted by atomic mass is 10.2. The van der Waals surface area contributed by atoms with Crippen LogP contribution in [0.25, 0.3) is 6.08 Å². The molecule has 0 aliphatic rings. The summed E-state index contributed by atoms with van der Waals surface area (Å²) < 4.78 is 12.6. The second kappa shape index (κ2) is 3.67. The molecule has 1 rings (SSSR count). The molecule has 0 fully saturated rings. The van der Waals surface area contributed by atoms with Crippen molar-refractivity contribution >= 4 is 11.9 Å². The third kappa shape index (κ3) is 2.54. The molecule has 1 aromatic rings. The minimum absolute atomic E-state index is 0.0424. The van der Waals surface area contributed by atoms with Crippen molar-refractivity contribution in [3.8, 4) is 0 Å². The number of benzene rings is 1. The van der Waals surface area contributed by atoms with Gasteiger partial charge in [0.05, 0.1) is 0 Å². The van der Waals surface area contributed by atoms with Crippen LogP contribution in [-0.2, 0) is 0 Å². The predicted octanol–water partition coefficient (Wildman–Crippen LogP) is 1.77. The quantitative estimate of drug-likeness (QED) is 0.508. The summed E-state index contributed by atoms with van der Waals surface area (Å²) in [5, 5.41) is 6.89. The van der Waals surface area contributed by atoms with Crippen molar-refractivity contribution in [1.29, 1.82) is 5.41 Å². The number of amidine groups is 1. The molecule has 0 aromatic heterocycles. The van der Waals surface area contributed by atoms with E-state index >= 15 is 0 Å². The summed E-state index contributed by atoms with van der Waals surface area (Å²) in [5.41, 5.74) is 5.78. The van der Waals surface area contributed by atoms with E-state index in [-0.39, 0.29) is 11.7 Å². The Kier molecular flexibility index (Phi) is 2.58. The van der Waals surface area contributed by atoms with E-state index in [0.717, 1.165) is 0 Å². The van der Waals surface area contributed by atoms with Crippen LogP contribution in [0.1, 0.15) is 5.56 Å². The number of nitrogens with two attached hydrogens (primary N) is 1. The van der Waals surface area contributed by atoms with Crippen LogP contribution in [-0.4, -0.2) is 5.84 Å². The number of hydrogen-bond acceptors (Lipinski definition) is 1. The molecule has 0 heterocycles. The van der Waals surface area contributed by atoms with Crippen molar-refractivity contribution in [3.05, 3.63) is 41.7 Å². The topological polar surface area (TPSA) is 49.9 Å². The van der Waals surface area contributed by atoms with E-state index in [0.29, 0.717) is 5.56 Å². The van der Waals surface area contributed by atoms with E-state index in [1.807, 2.05) is 0 Å². The van der Waals surface area contributed by atoms with E-state index in [1.54, 1.807) is 18.2 Å². The van der Waals surface area contributed by atoms with Crippen LogP contribution in [0.5, 0.6) is 0 Å². The zero-order valence-corrected chi connectivity index (χ0v) is 6.42. The van der Waals surface area contributed by atoms with Crippen LogP contribution < -0.4 is 5.73 Å². The lowest BCUT2D eigenvalue weighted by molar-refractivity contribution is 0.627. The first kappa shape index (κ1) is 8.46. The normalized spacial score (nSPS) is 10.4. The lowest BCUT2D eigenvalue weighted by Crippen LogP contribution is -2.03. The fraction of sp³-hybridized carbons (Fsp3) is 0. The maximum absolute atomic E-state index is 12.6. The van der Waals surface area contributed by atoms with Gasteiger partial charge in [-0.05, 0) is 23.8 Å². The number of hydrogen-bond donors (Lipinski definition) is 2. The highest BCUT2D eigenvalue weighted by molar-refractivity contribution is 5.92. The van der Waals surface area contributed by atoms with Gasteiger partial charge in [-0.2, -0.15) is 0 Å². The third-order valence-corrected chi connectivity index (χ3v) is 1.30. The van der Waals surface area contributed by atoms with Gasteiger partial charge in [-0.3, -0.25) is 5.41 Å². The van der Waals surface area contributed by atoms with Crippen LogP contribution in [0.4, 0.5) is 4.39 Å². The lowest BCUT2D eigenvalue weighted by Gasteiger charge is -1.92. The van der Waals surface area contributed by atoms with E-state index in [9.17, 15) is 4.39 Å². The monoisotopic (exact) mass is 164 g/mol. The van der Waals surface area contributed by atoms with Gasteiger partial charge < -0.3 is 5.73 Å². The molecule has 62 valence electrons. The molecule has 0 saturated heterocycles. The zero-order valence-electron chi connectivity index (χ0n) is 6.42.